The van der Waals surface area contributed by atoms with Gasteiger partial charge in [-0.05, 0) is 60.7 Å². The van der Waals surface area contributed by atoms with Gasteiger partial charge in [0.1, 0.15) is 0 Å². The number of anilines is 2. The highest BCUT2D eigenvalue weighted by molar-refractivity contribution is 7.98. The van der Waals surface area contributed by atoms with Crippen LogP contribution in [0.1, 0.15) is 12.0 Å². The Morgan fingerprint density at radius 1 is 1.08 bits per heavy atom. The van der Waals surface area contributed by atoms with Crippen molar-refractivity contribution >= 4 is 39.1 Å². The van der Waals surface area contributed by atoms with Gasteiger partial charge in [-0.1, -0.05) is 0 Å². The molecule has 3 rings (SSSR count). The largest absolute Gasteiger partial charge is 0.315 e. The first-order valence-electron chi connectivity index (χ1n) is 7.47. The summed E-state index contributed by atoms with van der Waals surface area (Å²) in [7, 11) is -1.90. The van der Waals surface area contributed by atoms with Crippen LogP contribution in [0.15, 0.2) is 52.3 Å². The average molecular weight is 362 g/mol. The molecule has 0 radical (unpaired) electrons. The second kappa shape index (κ2) is 6.49. The van der Waals surface area contributed by atoms with E-state index in [-0.39, 0.29) is 10.8 Å². The highest BCUT2D eigenvalue weighted by Gasteiger charge is 2.22. The van der Waals surface area contributed by atoms with Gasteiger partial charge in [0.05, 0.1) is 4.90 Å². The monoisotopic (exact) mass is 362 g/mol. The zero-order valence-corrected chi connectivity index (χ0v) is 15.1. The van der Waals surface area contributed by atoms with Crippen LogP contribution < -0.4 is 9.62 Å². The first-order valence-corrected chi connectivity index (χ1v) is 10.2. The zero-order chi connectivity index (χ0) is 17.3. The fourth-order valence-electron chi connectivity index (χ4n) is 2.69. The summed E-state index contributed by atoms with van der Waals surface area (Å²) in [6.07, 6.45) is 3.00. The lowest BCUT2D eigenvalue weighted by Crippen LogP contribution is -2.31. The Morgan fingerprint density at radius 2 is 1.79 bits per heavy atom. The fourth-order valence-corrected chi connectivity index (χ4v) is 4.15. The van der Waals surface area contributed by atoms with Crippen LogP contribution in [0.2, 0.25) is 0 Å². The first-order chi connectivity index (χ1) is 11.4. The van der Waals surface area contributed by atoms with Crippen molar-refractivity contribution in [2.45, 2.75) is 22.6 Å². The number of fused-ring (bicyclic) bond motifs is 1. The predicted octanol–water partition coefficient (Wildman–Crippen LogP) is 3.12. The maximum absolute atomic E-state index is 12.5. The number of amides is 1. The molecule has 0 saturated carbocycles. The molecule has 0 fully saturated rings. The number of hydrogen-bond donors (Lipinski definition) is 1. The number of carbonyl (C=O) groups excluding carboxylic acids is 1. The van der Waals surface area contributed by atoms with E-state index in [1.807, 2.05) is 6.26 Å². The molecule has 2 aromatic rings. The van der Waals surface area contributed by atoms with Crippen LogP contribution in [-0.2, 0) is 21.2 Å². The van der Waals surface area contributed by atoms with E-state index in [2.05, 4.69) is 4.72 Å². The quantitative estimate of drug-likeness (QED) is 0.849. The van der Waals surface area contributed by atoms with Gasteiger partial charge >= 0.3 is 0 Å². The molecule has 0 bridgehead atoms. The van der Waals surface area contributed by atoms with Crippen LogP contribution in [0.5, 0.6) is 0 Å². The van der Waals surface area contributed by atoms with E-state index in [0.29, 0.717) is 18.5 Å². The molecule has 2 aromatic carbocycles. The van der Waals surface area contributed by atoms with Crippen molar-refractivity contribution in [1.82, 2.24) is 0 Å². The Kier molecular flexibility index (Phi) is 4.56. The van der Waals surface area contributed by atoms with Crippen LogP contribution in [0, 0.1) is 0 Å². The molecule has 0 aliphatic carbocycles. The van der Waals surface area contributed by atoms with Crippen LogP contribution >= 0.6 is 11.8 Å². The van der Waals surface area contributed by atoms with Gasteiger partial charge in [0.2, 0.25) is 5.91 Å². The molecule has 5 nitrogen and oxygen atoms in total. The molecule has 0 saturated heterocycles. The van der Waals surface area contributed by atoms with Gasteiger partial charge in [-0.25, -0.2) is 8.42 Å². The number of rotatable bonds is 4. The van der Waals surface area contributed by atoms with E-state index in [9.17, 15) is 13.2 Å². The number of sulfonamides is 1. The molecule has 24 heavy (non-hydrogen) atoms. The normalized spacial score (nSPS) is 14.4. The SMILES string of the molecule is CSc1ccc(S(=O)(=O)Nc2ccc3c(c2)CCC(=O)N3C)cc1. The molecule has 1 aliphatic heterocycles. The number of thioether (sulfide) groups is 1. The molecule has 0 atom stereocenters. The number of aryl methyl sites for hydroxylation is 1. The Bertz CT molecular complexity index is 877. The smallest absolute Gasteiger partial charge is 0.261 e. The predicted molar refractivity (Wildman–Crippen MR) is 97.2 cm³/mol. The summed E-state index contributed by atoms with van der Waals surface area (Å²) in [6, 6.07) is 12.0. The summed E-state index contributed by atoms with van der Waals surface area (Å²) in [6.45, 7) is 0. The summed E-state index contributed by atoms with van der Waals surface area (Å²) in [4.78, 5) is 14.6. The Hall–Kier alpha value is -1.99. The summed E-state index contributed by atoms with van der Waals surface area (Å²) in [5.41, 5.74) is 2.30. The Labute approximate surface area is 146 Å². The average Bonchev–Trinajstić information content (AvgIpc) is 2.58. The number of carbonyl (C=O) groups is 1. The number of benzene rings is 2. The van der Waals surface area contributed by atoms with Crippen molar-refractivity contribution in [3.8, 4) is 0 Å². The van der Waals surface area contributed by atoms with Crippen LogP contribution in [0.25, 0.3) is 0 Å². The van der Waals surface area contributed by atoms with E-state index >= 15 is 0 Å². The van der Waals surface area contributed by atoms with Gasteiger partial charge in [-0.15, -0.1) is 11.8 Å². The Balaban J connectivity index is 1.86. The maximum atomic E-state index is 12.5. The minimum atomic E-state index is -3.63. The highest BCUT2D eigenvalue weighted by atomic mass is 32.2. The fraction of sp³-hybridized carbons (Fsp3) is 0.235. The van der Waals surface area contributed by atoms with Gasteiger partial charge < -0.3 is 4.90 Å². The van der Waals surface area contributed by atoms with Gasteiger partial charge in [0.15, 0.2) is 0 Å². The summed E-state index contributed by atoms with van der Waals surface area (Å²) >= 11 is 1.56. The second-order valence-corrected chi connectivity index (χ2v) is 8.14. The molecular weight excluding hydrogens is 344 g/mol. The molecule has 1 aliphatic rings. The molecule has 0 spiro atoms. The van der Waals surface area contributed by atoms with Crippen molar-refractivity contribution in [3.63, 3.8) is 0 Å². The minimum Gasteiger partial charge on any atom is -0.315 e. The van der Waals surface area contributed by atoms with Gasteiger partial charge in [0.25, 0.3) is 10.0 Å². The second-order valence-electron chi connectivity index (χ2n) is 5.58. The molecule has 126 valence electrons. The molecule has 0 unspecified atom stereocenters. The van der Waals surface area contributed by atoms with E-state index in [1.165, 1.54) is 0 Å². The maximum Gasteiger partial charge on any atom is 0.261 e. The molecule has 1 N–H and O–H groups in total. The minimum absolute atomic E-state index is 0.0738. The third-order valence-corrected chi connectivity index (χ3v) is 6.19. The lowest BCUT2D eigenvalue weighted by molar-refractivity contribution is -0.118. The summed E-state index contributed by atoms with van der Waals surface area (Å²) < 4.78 is 27.6. The van der Waals surface area contributed by atoms with Crippen LogP contribution in [0.3, 0.4) is 0 Å². The van der Waals surface area contributed by atoms with Crippen molar-refractivity contribution in [3.05, 3.63) is 48.0 Å². The van der Waals surface area contributed by atoms with Crippen molar-refractivity contribution in [1.29, 1.82) is 0 Å². The molecule has 1 amide bonds. The first kappa shape index (κ1) is 16.9. The van der Waals surface area contributed by atoms with Gasteiger partial charge in [-0.2, -0.15) is 0 Å². The summed E-state index contributed by atoms with van der Waals surface area (Å²) in [5.74, 6) is 0.0738. The Morgan fingerprint density at radius 3 is 2.46 bits per heavy atom. The van der Waals surface area contributed by atoms with Crippen molar-refractivity contribution < 1.29 is 13.2 Å². The lowest BCUT2D eigenvalue weighted by atomic mass is 10.0. The third-order valence-electron chi connectivity index (χ3n) is 4.05. The third kappa shape index (κ3) is 3.27. The zero-order valence-electron chi connectivity index (χ0n) is 13.4. The molecule has 1 heterocycles. The van der Waals surface area contributed by atoms with E-state index in [4.69, 9.17) is 0 Å². The van der Waals surface area contributed by atoms with Crippen molar-refractivity contribution in [2.24, 2.45) is 0 Å². The number of nitrogens with one attached hydrogen (secondary N) is 1. The topological polar surface area (TPSA) is 66.5 Å². The van der Waals surface area contributed by atoms with Gasteiger partial charge in [-0.3, -0.25) is 9.52 Å². The van der Waals surface area contributed by atoms with Gasteiger partial charge in [0, 0.05) is 29.7 Å². The summed E-state index contributed by atoms with van der Waals surface area (Å²) in [5, 5.41) is 0. The lowest BCUT2D eigenvalue weighted by Gasteiger charge is -2.26. The van der Waals surface area contributed by atoms with E-state index in [0.717, 1.165) is 16.1 Å². The van der Waals surface area contributed by atoms with E-state index < -0.39 is 10.0 Å². The highest BCUT2D eigenvalue weighted by Crippen LogP contribution is 2.30. The van der Waals surface area contributed by atoms with Crippen LogP contribution in [-0.4, -0.2) is 27.6 Å². The standard InChI is InChI=1S/C17H18N2O3S2/c1-19-16-9-4-13(11-12(16)3-10-17(19)20)18-24(21,22)15-7-5-14(23-2)6-8-15/h4-9,11,18H,3,10H2,1-2H3. The van der Waals surface area contributed by atoms with Crippen LogP contribution in [0.4, 0.5) is 11.4 Å². The number of hydrogen-bond acceptors (Lipinski definition) is 4. The van der Waals surface area contributed by atoms with E-state index in [1.54, 1.807) is 66.2 Å². The molecular formula is C17H18N2O3S2. The number of nitrogens with zero attached hydrogens (tertiary/aromatic N) is 1. The molecule has 7 heteroatoms. The molecule has 0 aromatic heterocycles. The van der Waals surface area contributed by atoms with Crippen molar-refractivity contribution in [2.75, 3.05) is 22.9 Å².